The SMILES string of the molecule is Cl.N#Cc1ccc(-c2cc(OCc3ccccn3)nc3c2CCCC3)cn1. The van der Waals surface area contributed by atoms with Gasteiger partial charge in [-0.25, -0.2) is 9.97 Å². The maximum absolute atomic E-state index is 8.97. The summed E-state index contributed by atoms with van der Waals surface area (Å²) >= 11 is 0. The molecule has 0 amide bonds. The fraction of sp³-hybridized carbons (Fsp3) is 0.238. The summed E-state index contributed by atoms with van der Waals surface area (Å²) in [6, 6.07) is 13.5. The molecule has 0 saturated heterocycles. The predicted octanol–water partition coefficient (Wildman–Crippen LogP) is 4.29. The molecule has 0 aromatic carbocycles. The van der Waals surface area contributed by atoms with Crippen LogP contribution in [0.2, 0.25) is 0 Å². The third kappa shape index (κ3) is 4.24. The summed E-state index contributed by atoms with van der Waals surface area (Å²) < 4.78 is 5.92. The first kappa shape index (κ1) is 18.8. The van der Waals surface area contributed by atoms with Gasteiger partial charge in [0.1, 0.15) is 18.4 Å². The minimum absolute atomic E-state index is 0. The Kier molecular flexibility index (Phi) is 6.00. The number of nitriles is 1. The van der Waals surface area contributed by atoms with Crippen LogP contribution in [0.3, 0.4) is 0 Å². The van der Waals surface area contributed by atoms with Gasteiger partial charge in [0, 0.05) is 29.7 Å². The second-order valence-electron chi connectivity index (χ2n) is 6.29. The van der Waals surface area contributed by atoms with Gasteiger partial charge < -0.3 is 4.74 Å². The minimum atomic E-state index is 0. The van der Waals surface area contributed by atoms with E-state index in [-0.39, 0.29) is 12.4 Å². The van der Waals surface area contributed by atoms with Crippen molar-refractivity contribution in [1.82, 2.24) is 15.0 Å². The van der Waals surface area contributed by atoms with Crippen molar-refractivity contribution < 1.29 is 4.74 Å². The Balaban J connectivity index is 0.00000210. The molecule has 0 fully saturated rings. The van der Waals surface area contributed by atoms with E-state index >= 15 is 0 Å². The summed E-state index contributed by atoms with van der Waals surface area (Å²) in [4.78, 5) is 13.2. The molecule has 5 nitrogen and oxygen atoms in total. The number of hydrogen-bond donors (Lipinski definition) is 0. The molecule has 136 valence electrons. The highest BCUT2D eigenvalue weighted by molar-refractivity contribution is 5.85. The molecule has 6 heteroatoms. The van der Waals surface area contributed by atoms with Crippen molar-refractivity contribution in [2.75, 3.05) is 0 Å². The van der Waals surface area contributed by atoms with Crippen molar-refractivity contribution in [3.8, 4) is 23.1 Å². The van der Waals surface area contributed by atoms with Crippen LogP contribution in [0.15, 0.2) is 48.8 Å². The molecule has 4 rings (SSSR count). The lowest BCUT2D eigenvalue weighted by atomic mass is 9.90. The summed E-state index contributed by atoms with van der Waals surface area (Å²) in [5.74, 6) is 0.607. The van der Waals surface area contributed by atoms with Gasteiger partial charge in [-0.1, -0.05) is 6.07 Å². The maximum Gasteiger partial charge on any atom is 0.214 e. The Morgan fingerprint density at radius 3 is 2.70 bits per heavy atom. The summed E-state index contributed by atoms with van der Waals surface area (Å²) in [6.07, 6.45) is 7.80. The van der Waals surface area contributed by atoms with Crippen LogP contribution in [0.5, 0.6) is 5.88 Å². The lowest BCUT2D eigenvalue weighted by Crippen LogP contribution is -2.09. The topological polar surface area (TPSA) is 71.7 Å². The van der Waals surface area contributed by atoms with Crippen molar-refractivity contribution in [3.05, 3.63) is 71.4 Å². The lowest BCUT2D eigenvalue weighted by Gasteiger charge is -2.20. The summed E-state index contributed by atoms with van der Waals surface area (Å²) in [7, 11) is 0. The second kappa shape index (κ2) is 8.61. The molecule has 0 spiro atoms. The molecule has 0 saturated carbocycles. The number of rotatable bonds is 4. The first-order valence-electron chi connectivity index (χ1n) is 8.75. The highest BCUT2D eigenvalue weighted by Crippen LogP contribution is 2.33. The minimum Gasteiger partial charge on any atom is -0.471 e. The predicted molar refractivity (Wildman–Crippen MR) is 105 cm³/mol. The second-order valence-corrected chi connectivity index (χ2v) is 6.29. The molecular weight excluding hydrogens is 360 g/mol. The van der Waals surface area contributed by atoms with E-state index in [2.05, 4.69) is 16.0 Å². The number of ether oxygens (including phenoxy) is 1. The maximum atomic E-state index is 8.97. The molecule has 27 heavy (non-hydrogen) atoms. The quantitative estimate of drug-likeness (QED) is 0.677. The Morgan fingerprint density at radius 2 is 1.96 bits per heavy atom. The molecule has 0 atom stereocenters. The van der Waals surface area contributed by atoms with Gasteiger partial charge in [0.15, 0.2) is 0 Å². The van der Waals surface area contributed by atoms with Gasteiger partial charge in [-0.05, 0) is 61.1 Å². The van der Waals surface area contributed by atoms with Crippen LogP contribution in [-0.4, -0.2) is 15.0 Å². The van der Waals surface area contributed by atoms with Crippen LogP contribution >= 0.6 is 12.4 Å². The number of hydrogen-bond acceptors (Lipinski definition) is 5. The van der Waals surface area contributed by atoms with Crippen LogP contribution in [-0.2, 0) is 19.4 Å². The van der Waals surface area contributed by atoms with E-state index in [0.29, 0.717) is 18.2 Å². The van der Waals surface area contributed by atoms with Gasteiger partial charge in [-0.15, -0.1) is 12.4 Å². The van der Waals surface area contributed by atoms with Crippen LogP contribution in [0.4, 0.5) is 0 Å². The molecule has 0 bridgehead atoms. The number of aromatic nitrogens is 3. The molecule has 0 unspecified atom stereocenters. The van der Waals surface area contributed by atoms with E-state index in [1.54, 1.807) is 18.5 Å². The molecule has 0 N–H and O–H groups in total. The smallest absolute Gasteiger partial charge is 0.214 e. The molecule has 3 heterocycles. The van der Waals surface area contributed by atoms with Gasteiger partial charge in [-0.2, -0.15) is 5.26 Å². The zero-order valence-corrected chi connectivity index (χ0v) is 15.6. The molecule has 3 aromatic rings. The van der Waals surface area contributed by atoms with Gasteiger partial charge in [0.25, 0.3) is 0 Å². The van der Waals surface area contributed by atoms with Crippen molar-refractivity contribution in [3.63, 3.8) is 0 Å². The monoisotopic (exact) mass is 378 g/mol. The van der Waals surface area contributed by atoms with Gasteiger partial charge in [-0.3, -0.25) is 4.98 Å². The first-order valence-corrected chi connectivity index (χ1v) is 8.75. The van der Waals surface area contributed by atoms with Crippen molar-refractivity contribution in [2.24, 2.45) is 0 Å². The summed E-state index contributed by atoms with van der Waals surface area (Å²) in [5, 5.41) is 8.97. The van der Waals surface area contributed by atoms with Crippen molar-refractivity contribution in [2.45, 2.75) is 32.3 Å². The van der Waals surface area contributed by atoms with Crippen molar-refractivity contribution >= 4 is 12.4 Å². The Labute approximate surface area is 164 Å². The molecule has 1 aliphatic rings. The zero-order chi connectivity index (χ0) is 17.8. The van der Waals surface area contributed by atoms with Crippen LogP contribution in [0, 0.1) is 11.3 Å². The number of halogens is 1. The van der Waals surface area contributed by atoms with E-state index in [1.807, 2.05) is 30.3 Å². The Hall–Kier alpha value is -2.97. The van der Waals surface area contributed by atoms with Gasteiger partial charge >= 0.3 is 0 Å². The first-order chi connectivity index (χ1) is 12.8. The van der Waals surface area contributed by atoms with Crippen LogP contribution < -0.4 is 4.74 Å². The molecule has 1 aliphatic carbocycles. The number of fused-ring (bicyclic) bond motifs is 1. The molecule has 0 aliphatic heterocycles. The van der Waals surface area contributed by atoms with E-state index in [1.165, 1.54) is 12.0 Å². The van der Waals surface area contributed by atoms with Crippen LogP contribution in [0.1, 0.15) is 35.5 Å². The summed E-state index contributed by atoms with van der Waals surface area (Å²) in [5.41, 5.74) is 5.76. The summed E-state index contributed by atoms with van der Waals surface area (Å²) in [6.45, 7) is 0.387. The van der Waals surface area contributed by atoms with Crippen molar-refractivity contribution in [1.29, 1.82) is 5.26 Å². The fourth-order valence-corrected chi connectivity index (χ4v) is 3.26. The standard InChI is InChI=1S/C21H18N4O.ClH/c22-12-16-9-8-15(13-24-16)19-11-21(25-20-7-2-1-6-18(19)20)26-14-17-5-3-4-10-23-17;/h3-5,8-11,13H,1-2,6-7,14H2;1H. The van der Waals surface area contributed by atoms with E-state index in [9.17, 15) is 0 Å². The number of nitrogens with zero attached hydrogens (tertiary/aromatic N) is 4. The van der Waals surface area contributed by atoms with Gasteiger partial charge in [0.05, 0.1) is 5.69 Å². The number of aryl methyl sites for hydroxylation is 1. The largest absolute Gasteiger partial charge is 0.471 e. The third-order valence-electron chi connectivity index (χ3n) is 4.56. The van der Waals surface area contributed by atoms with E-state index < -0.39 is 0 Å². The molecular formula is C21H19ClN4O. The highest BCUT2D eigenvalue weighted by Gasteiger charge is 2.18. The fourth-order valence-electron chi connectivity index (χ4n) is 3.26. The number of pyridine rings is 3. The molecule has 0 radical (unpaired) electrons. The lowest BCUT2D eigenvalue weighted by molar-refractivity contribution is 0.288. The van der Waals surface area contributed by atoms with Gasteiger partial charge in [0.2, 0.25) is 5.88 Å². The van der Waals surface area contributed by atoms with E-state index in [4.69, 9.17) is 15.0 Å². The van der Waals surface area contributed by atoms with Crippen LogP contribution in [0.25, 0.3) is 11.1 Å². The average molecular weight is 379 g/mol. The normalized spacial score (nSPS) is 12.4. The Morgan fingerprint density at radius 1 is 1.07 bits per heavy atom. The molecule has 3 aromatic heterocycles. The average Bonchev–Trinajstić information content (AvgIpc) is 2.72. The Bertz CT molecular complexity index is 952. The van der Waals surface area contributed by atoms with E-state index in [0.717, 1.165) is 41.8 Å². The highest BCUT2D eigenvalue weighted by atomic mass is 35.5. The third-order valence-corrected chi connectivity index (χ3v) is 4.56. The zero-order valence-electron chi connectivity index (χ0n) is 14.8.